The molecule has 20 rings (SSSR count). The predicted molar refractivity (Wildman–Crippen MR) is 529 cm³/mol. The molecule has 4 aliphatic heterocycles. The van der Waals surface area contributed by atoms with Gasteiger partial charge in [0.1, 0.15) is 103 Å². The van der Waals surface area contributed by atoms with Gasteiger partial charge in [-0.15, -0.1) is 0 Å². The van der Waals surface area contributed by atoms with Crippen LogP contribution < -0.4 is 43.7 Å². The summed E-state index contributed by atoms with van der Waals surface area (Å²) in [5.74, 6) is -17.6. The predicted octanol–water partition coefficient (Wildman–Crippen LogP) is 14.5. The van der Waals surface area contributed by atoms with Gasteiger partial charge in [0.05, 0.1) is 165 Å². The van der Waals surface area contributed by atoms with Crippen LogP contribution in [0.5, 0.6) is 0 Å². The summed E-state index contributed by atoms with van der Waals surface area (Å²) in [5.41, 5.74) is -1.58. The molecule has 0 aliphatic carbocycles. The minimum atomic E-state index is -2.28. The molecule has 0 amide bonds. The standard InChI is InChI=1S/C18H24B2F2N2O4S.C12H12B2F2N2O4S.C10H12B2F2N2O2S.C6H4B2F2N2O4S.C6Br2F2N2S.C6BrClF2N2S.C6BrF2IN2S.C6Cl2F2N2S/c1-15(2)16(3,4)26-19(25-15)9-11(21)12(22)10(14-13(9)23-29-24-14)20-27-17(5,6)18(7,8)28-20;15-9-7(13-19-3-1-4-20-13)11-12(18-23-17-11)8(10(9)16)14-21-5-2-6-22-14;1-11(2)5-7(13)8(14)6(12(17-3)18-4)10-9(5)15-19-16-10;9-3-1(7(13)14)5-6(12-17-11-5)2(4(3)10)8(15)16;2*7-1-3(9)4(10)2(8)6-5(1)11-13-12-6;7-1-2(8)3(9)4(10)6-5(1)11-13-12-6;7-1-3(9)4(10)2(8)6-5(1)11-13-12-6/h1-8H3;1-6H2;1-4H3;13-16H;;;;. The van der Waals surface area contributed by atoms with E-state index in [0.717, 1.165) is 82.1 Å². The van der Waals surface area contributed by atoms with Gasteiger partial charge < -0.3 is 66.6 Å². The molecule has 0 bridgehead atoms. The summed E-state index contributed by atoms with van der Waals surface area (Å²) in [5, 5.41) is 34.6. The Morgan fingerprint density at radius 2 is 0.514 bits per heavy atom. The maximum absolute atomic E-state index is 15.4. The first-order valence-corrected chi connectivity index (χ1v) is 50.4. The van der Waals surface area contributed by atoms with Crippen LogP contribution in [0.4, 0.5) is 70.2 Å². The van der Waals surface area contributed by atoms with E-state index in [-0.39, 0.29) is 131 Å². The SMILES string of the molecule is CC1(C)OB(c2c(F)c(F)c(B3OC(C)(C)C(C)(C)O3)c3nsnc23)OC1(C)C.COB(OC)c1c(F)c(F)c(B(C)C)c2nsnc12.Fc1c(F)c(B2OCCCO2)c2nsnc2c1B1OCCCO1.Fc1c(F)c(Br)c2nsnc2c1Br.Fc1c(F)c(Br)c2nsnc2c1Cl.Fc1c(F)c(Cl)c2nsnc2c1Cl.Fc1c(F)c(I)c2nsnc2c1Br.OB(O)c1c(F)c(F)c(B(O)O)c2nsnc12. The van der Waals surface area contributed by atoms with Gasteiger partial charge in [-0.1, -0.05) is 48.4 Å². The van der Waals surface area contributed by atoms with Crippen LogP contribution in [0, 0.1) is 96.6 Å². The highest BCUT2D eigenvalue weighted by Crippen LogP contribution is 2.43. The highest BCUT2D eigenvalue weighted by atomic mass is 127. The molecule has 0 saturated carbocycles. The molecule has 70 heteroatoms. The van der Waals surface area contributed by atoms with E-state index in [1.165, 1.54) is 14.2 Å². The molecule has 0 spiro atoms. The van der Waals surface area contributed by atoms with Gasteiger partial charge in [0.2, 0.25) is 0 Å². The van der Waals surface area contributed by atoms with Crippen molar-refractivity contribution in [1.82, 2.24) is 70.0 Å². The lowest BCUT2D eigenvalue weighted by Gasteiger charge is -2.32. The lowest BCUT2D eigenvalue weighted by atomic mass is 9.48. The fourth-order valence-corrected chi connectivity index (χ4v) is 21.5. The van der Waals surface area contributed by atoms with Gasteiger partial charge in [0.15, 0.2) is 99.8 Å². The zero-order valence-electron chi connectivity index (χ0n) is 72.2. The normalized spacial score (nSPS) is 15.3. The maximum Gasteiger partial charge on any atom is 0.500 e. The molecule has 0 unspecified atom stereocenters. The molecule has 4 fully saturated rings. The molecule has 4 saturated heterocycles. The molecule has 0 atom stereocenters. The fourth-order valence-electron chi connectivity index (χ4n) is 13.1. The Hall–Kier alpha value is -5.32. The molecular formula is C70H52B8Br4Cl3F16IN16O14S8. The Morgan fingerprint density at radius 3 is 0.814 bits per heavy atom. The zero-order chi connectivity index (χ0) is 103. The monoisotopic (exact) mass is 2540 g/mol. The lowest BCUT2D eigenvalue weighted by molar-refractivity contribution is 0.00578. The molecule has 30 nitrogen and oxygen atoms in total. The van der Waals surface area contributed by atoms with Crippen LogP contribution in [0.25, 0.3) is 88.3 Å². The van der Waals surface area contributed by atoms with Gasteiger partial charge >= 0.3 is 49.8 Å². The molecule has 16 aromatic rings. The quantitative estimate of drug-likeness (QED) is 0.0325. The average Bonchev–Trinajstić information content (AvgIpc) is 1.57. The van der Waals surface area contributed by atoms with Gasteiger partial charge in [-0.25, -0.2) is 70.2 Å². The van der Waals surface area contributed by atoms with Crippen molar-refractivity contribution in [2.24, 2.45) is 0 Å². The molecule has 4 aliphatic rings. The van der Waals surface area contributed by atoms with Crippen molar-refractivity contribution in [3.8, 4) is 0 Å². The summed E-state index contributed by atoms with van der Waals surface area (Å²) in [7, 11) is -7.02. The first-order chi connectivity index (χ1) is 65.9. The summed E-state index contributed by atoms with van der Waals surface area (Å²) in [6.07, 6.45) is 1.42. The summed E-state index contributed by atoms with van der Waals surface area (Å²) < 4.78 is 338. The number of hydrogen-bond acceptors (Lipinski definition) is 38. The van der Waals surface area contributed by atoms with Gasteiger partial charge in [0.25, 0.3) is 0 Å². The third-order valence-electron chi connectivity index (χ3n) is 21.4. The summed E-state index contributed by atoms with van der Waals surface area (Å²) in [6, 6.07) is 0. The van der Waals surface area contributed by atoms with Crippen molar-refractivity contribution in [1.29, 1.82) is 0 Å². The third kappa shape index (κ3) is 21.8. The fraction of sp³-hybridized carbons (Fsp3) is 0.314. The van der Waals surface area contributed by atoms with Crippen LogP contribution in [0.1, 0.15) is 68.2 Å². The Morgan fingerprint density at radius 1 is 0.300 bits per heavy atom. The summed E-state index contributed by atoms with van der Waals surface area (Å²) >= 11 is 36.5. The first-order valence-electron chi connectivity index (χ1n) is 39.2. The van der Waals surface area contributed by atoms with Gasteiger partial charge in [-0.2, -0.15) is 70.0 Å². The smallest absolute Gasteiger partial charge is 0.423 e. The number of rotatable bonds is 10. The molecule has 736 valence electrons. The van der Waals surface area contributed by atoms with E-state index in [4.69, 9.17) is 101 Å². The minimum absolute atomic E-state index is 0.0111. The van der Waals surface area contributed by atoms with Crippen molar-refractivity contribution >= 4 is 403 Å². The lowest BCUT2D eigenvalue weighted by Crippen LogP contribution is -2.48. The molecule has 8 aromatic carbocycles. The van der Waals surface area contributed by atoms with Crippen LogP contribution in [-0.4, -0.2) is 210 Å². The highest BCUT2D eigenvalue weighted by Gasteiger charge is 2.57. The van der Waals surface area contributed by atoms with Crippen LogP contribution in [0.2, 0.25) is 28.7 Å². The molecular weight excluding hydrogens is 2490 g/mol. The van der Waals surface area contributed by atoms with Gasteiger partial charge in [0, 0.05) is 51.6 Å². The molecule has 8 aromatic heterocycles. The first kappa shape index (κ1) is 112. The van der Waals surface area contributed by atoms with E-state index in [0.29, 0.717) is 84.1 Å². The highest BCUT2D eigenvalue weighted by molar-refractivity contribution is 14.1. The number of halogens is 24. The number of nitrogens with zero attached hydrogens (tertiary/aromatic N) is 16. The number of hydrogen-bond donors (Lipinski definition) is 4. The van der Waals surface area contributed by atoms with Crippen molar-refractivity contribution < 1.29 is 137 Å². The van der Waals surface area contributed by atoms with Gasteiger partial charge in [-0.05, 0) is 160 Å². The molecule has 140 heavy (non-hydrogen) atoms. The van der Waals surface area contributed by atoms with E-state index >= 15 is 8.78 Å². The summed E-state index contributed by atoms with van der Waals surface area (Å²) in [4.78, 5) is 0. The second-order valence-corrected chi connectivity index (χ2v) is 40.9. The number of fused-ring (bicyclic) bond motifs is 8. The van der Waals surface area contributed by atoms with Crippen LogP contribution in [0.15, 0.2) is 17.9 Å². The number of benzene rings is 8. The van der Waals surface area contributed by atoms with Gasteiger partial charge in [-0.3, -0.25) is 0 Å². The van der Waals surface area contributed by atoms with E-state index in [1.807, 2.05) is 55.4 Å². The van der Waals surface area contributed by atoms with E-state index < -0.39 is 176 Å². The topological polar surface area (TPSA) is 379 Å². The maximum atomic E-state index is 15.4. The minimum Gasteiger partial charge on any atom is -0.423 e. The van der Waals surface area contributed by atoms with Crippen molar-refractivity contribution in [3.05, 3.63) is 130 Å². The van der Waals surface area contributed by atoms with Crippen LogP contribution >= 0.6 is 215 Å². The van der Waals surface area contributed by atoms with Crippen molar-refractivity contribution in [3.63, 3.8) is 0 Å². The zero-order valence-corrected chi connectivity index (χ0v) is 89.5. The molecule has 4 N–H and O–H groups in total. The van der Waals surface area contributed by atoms with Crippen molar-refractivity contribution in [2.75, 3.05) is 40.6 Å². The van der Waals surface area contributed by atoms with Crippen molar-refractivity contribution in [2.45, 2.75) is 104 Å². The Bertz CT molecular complexity index is 6660. The Kier molecular flexibility index (Phi) is 36.6. The molecule has 12 heterocycles. The van der Waals surface area contributed by atoms with E-state index in [2.05, 4.69) is 134 Å². The average molecular weight is 2540 g/mol. The van der Waals surface area contributed by atoms with E-state index in [9.17, 15) is 61.5 Å². The number of aromatic nitrogens is 16. The largest absolute Gasteiger partial charge is 0.500 e. The molecule has 0 radical (unpaired) electrons. The van der Waals surface area contributed by atoms with E-state index in [1.54, 1.807) is 36.2 Å². The van der Waals surface area contributed by atoms with Crippen LogP contribution in [0.3, 0.4) is 0 Å². The van der Waals surface area contributed by atoms with Crippen LogP contribution in [-0.2, 0) is 46.5 Å². The second-order valence-electron chi connectivity index (χ2n) is 31.3. The third-order valence-corrected chi connectivity index (χ3v) is 30.6. The second kappa shape index (κ2) is 45.8. The Balaban J connectivity index is 0.000000137. The Labute approximate surface area is 876 Å². The summed E-state index contributed by atoms with van der Waals surface area (Å²) in [6.45, 7) is 19.8.